The number of halogens is 1. The van der Waals surface area contributed by atoms with Gasteiger partial charge in [0.15, 0.2) is 0 Å². The molecule has 140 valence electrons. The van der Waals surface area contributed by atoms with E-state index in [9.17, 15) is 9.59 Å². The summed E-state index contributed by atoms with van der Waals surface area (Å²) in [5.41, 5.74) is 0.937. The molecule has 5 nitrogen and oxygen atoms in total. The first kappa shape index (κ1) is 17.9. The molecule has 2 amide bonds. The second kappa shape index (κ2) is 7.24. The van der Waals surface area contributed by atoms with Crippen LogP contribution < -0.4 is 10.1 Å². The number of likely N-dealkylation sites (tertiary alicyclic amines) is 1. The highest BCUT2D eigenvalue weighted by molar-refractivity contribution is 6.31. The van der Waals surface area contributed by atoms with Crippen molar-refractivity contribution >= 4 is 23.4 Å². The average Bonchev–Trinajstić information content (AvgIpc) is 2.81. The molecule has 2 heterocycles. The summed E-state index contributed by atoms with van der Waals surface area (Å²) in [6, 6.07) is 14.7. The van der Waals surface area contributed by atoms with Crippen LogP contribution in [0.1, 0.15) is 28.8 Å². The van der Waals surface area contributed by atoms with Crippen LogP contribution in [0.3, 0.4) is 0 Å². The molecule has 0 atom stereocenters. The largest absolute Gasteiger partial charge is 0.484 e. The molecule has 0 radical (unpaired) electrons. The number of nitrogens with zero attached hydrogens (tertiary/aromatic N) is 1. The lowest BCUT2D eigenvalue weighted by molar-refractivity contribution is -0.133. The molecule has 2 aliphatic heterocycles. The van der Waals surface area contributed by atoms with Crippen LogP contribution in [0.5, 0.6) is 5.75 Å². The molecule has 2 aromatic carbocycles. The van der Waals surface area contributed by atoms with Crippen LogP contribution in [-0.4, -0.2) is 41.9 Å². The second-order valence-corrected chi connectivity index (χ2v) is 7.52. The van der Waals surface area contributed by atoms with E-state index in [4.69, 9.17) is 16.3 Å². The Morgan fingerprint density at radius 2 is 1.81 bits per heavy atom. The number of carbonyl (C=O) groups excluding carboxylic acids is 2. The van der Waals surface area contributed by atoms with Gasteiger partial charge in [-0.15, -0.1) is 0 Å². The highest BCUT2D eigenvalue weighted by Gasteiger charge is 2.40. The highest BCUT2D eigenvalue weighted by Crippen LogP contribution is 2.33. The van der Waals surface area contributed by atoms with E-state index in [-0.39, 0.29) is 11.8 Å². The van der Waals surface area contributed by atoms with Gasteiger partial charge in [0.05, 0.1) is 18.5 Å². The Balaban J connectivity index is 1.43. The number of benzene rings is 2. The highest BCUT2D eigenvalue weighted by atomic mass is 35.5. The van der Waals surface area contributed by atoms with Crippen molar-refractivity contribution in [1.29, 1.82) is 0 Å². The number of rotatable bonds is 2. The van der Waals surface area contributed by atoms with E-state index < -0.39 is 5.60 Å². The lowest BCUT2D eigenvalue weighted by atomic mass is 9.90. The number of ether oxygens (including phenoxy) is 1. The smallest absolute Gasteiger partial charge is 0.255 e. The molecule has 0 saturated carbocycles. The number of fused-ring (bicyclic) bond motifs is 1. The first-order valence-electron chi connectivity index (χ1n) is 9.14. The van der Waals surface area contributed by atoms with Gasteiger partial charge >= 0.3 is 0 Å². The molecular formula is C21H21ClN2O3. The number of para-hydroxylation sites is 1. The van der Waals surface area contributed by atoms with Crippen molar-refractivity contribution in [1.82, 2.24) is 10.2 Å². The Morgan fingerprint density at radius 1 is 1.11 bits per heavy atom. The van der Waals surface area contributed by atoms with E-state index in [2.05, 4.69) is 5.32 Å². The van der Waals surface area contributed by atoms with Crippen molar-refractivity contribution in [2.75, 3.05) is 19.6 Å². The third-order valence-electron chi connectivity index (χ3n) is 5.36. The summed E-state index contributed by atoms with van der Waals surface area (Å²) in [4.78, 5) is 26.8. The van der Waals surface area contributed by atoms with Gasteiger partial charge in [0.25, 0.3) is 5.91 Å². The number of nitrogens with one attached hydrogen (secondary N) is 1. The number of hydrogen-bond donors (Lipinski definition) is 1. The monoisotopic (exact) mass is 384 g/mol. The maximum Gasteiger partial charge on any atom is 0.255 e. The molecule has 0 aromatic heterocycles. The Bertz CT molecular complexity index is 875. The van der Waals surface area contributed by atoms with Gasteiger partial charge in [-0.25, -0.2) is 0 Å². The summed E-state index contributed by atoms with van der Waals surface area (Å²) >= 11 is 6.17. The molecule has 1 spiro atoms. The number of carbonyl (C=O) groups is 2. The zero-order valence-electron chi connectivity index (χ0n) is 14.9. The van der Waals surface area contributed by atoms with Crippen LogP contribution in [0.15, 0.2) is 48.5 Å². The van der Waals surface area contributed by atoms with Gasteiger partial charge in [-0.3, -0.25) is 9.59 Å². The van der Waals surface area contributed by atoms with Gasteiger partial charge in [-0.05, 0) is 23.8 Å². The fourth-order valence-corrected chi connectivity index (χ4v) is 3.91. The molecular weight excluding hydrogens is 364 g/mol. The minimum atomic E-state index is -0.469. The number of amides is 2. The SMILES string of the molecule is O=C1NCC2(CCN(C(=O)Cc3ccccc3Cl)CC2)Oc2ccccc21. The Hall–Kier alpha value is -2.53. The second-order valence-electron chi connectivity index (χ2n) is 7.11. The quantitative estimate of drug-likeness (QED) is 0.865. The maximum absolute atomic E-state index is 12.7. The van der Waals surface area contributed by atoms with E-state index in [1.807, 2.05) is 41.3 Å². The molecule has 1 fully saturated rings. The molecule has 0 aliphatic carbocycles. The van der Waals surface area contributed by atoms with Gasteiger partial charge in [-0.1, -0.05) is 41.9 Å². The van der Waals surface area contributed by atoms with Crippen LogP contribution in [0.2, 0.25) is 5.02 Å². The zero-order valence-corrected chi connectivity index (χ0v) is 15.7. The Kier molecular flexibility index (Phi) is 4.79. The molecule has 4 rings (SSSR count). The molecule has 0 bridgehead atoms. The third-order valence-corrected chi connectivity index (χ3v) is 5.72. The fraction of sp³-hybridized carbons (Fsp3) is 0.333. The predicted octanol–water partition coefficient (Wildman–Crippen LogP) is 3.07. The summed E-state index contributed by atoms with van der Waals surface area (Å²) in [5.74, 6) is 0.569. The number of piperidine rings is 1. The van der Waals surface area contributed by atoms with Crippen LogP contribution >= 0.6 is 11.6 Å². The molecule has 1 saturated heterocycles. The van der Waals surface area contributed by atoms with E-state index >= 15 is 0 Å². The summed E-state index contributed by atoms with van der Waals surface area (Å²) in [6.07, 6.45) is 1.65. The van der Waals surface area contributed by atoms with Crippen LogP contribution in [0.25, 0.3) is 0 Å². The topological polar surface area (TPSA) is 58.6 Å². The minimum absolute atomic E-state index is 0.0657. The van der Waals surface area contributed by atoms with Crippen molar-refractivity contribution in [2.24, 2.45) is 0 Å². The fourth-order valence-electron chi connectivity index (χ4n) is 3.71. The lowest BCUT2D eigenvalue weighted by Gasteiger charge is -2.41. The van der Waals surface area contributed by atoms with Crippen LogP contribution in [0.4, 0.5) is 0 Å². The summed E-state index contributed by atoms with van der Waals surface area (Å²) in [5, 5.41) is 3.58. The summed E-state index contributed by atoms with van der Waals surface area (Å²) in [6.45, 7) is 1.65. The molecule has 0 unspecified atom stereocenters. The average molecular weight is 385 g/mol. The van der Waals surface area contributed by atoms with E-state index in [0.29, 0.717) is 55.2 Å². The first-order chi connectivity index (χ1) is 13.1. The van der Waals surface area contributed by atoms with Crippen molar-refractivity contribution in [3.05, 3.63) is 64.7 Å². The Labute approximate surface area is 163 Å². The van der Waals surface area contributed by atoms with Crippen molar-refractivity contribution in [2.45, 2.75) is 24.9 Å². The van der Waals surface area contributed by atoms with Gasteiger partial charge in [0.2, 0.25) is 5.91 Å². The van der Waals surface area contributed by atoms with Gasteiger partial charge in [-0.2, -0.15) is 0 Å². The molecule has 2 aromatic rings. The first-order valence-corrected chi connectivity index (χ1v) is 9.52. The normalized spacial score (nSPS) is 18.3. The standard InChI is InChI=1S/C21H21ClN2O3/c22-17-7-3-1-5-15(17)13-19(25)24-11-9-21(10-12-24)14-23-20(26)16-6-2-4-8-18(16)27-21/h1-8H,9-14H2,(H,23,26). The van der Waals surface area contributed by atoms with Crippen LogP contribution in [-0.2, 0) is 11.2 Å². The summed E-state index contributed by atoms with van der Waals surface area (Å²) in [7, 11) is 0. The Morgan fingerprint density at radius 3 is 2.59 bits per heavy atom. The zero-order chi connectivity index (χ0) is 18.9. The molecule has 1 N–H and O–H groups in total. The van der Waals surface area contributed by atoms with E-state index in [0.717, 1.165) is 5.56 Å². The number of hydrogen-bond acceptors (Lipinski definition) is 3. The van der Waals surface area contributed by atoms with Crippen molar-refractivity contribution in [3.8, 4) is 5.75 Å². The summed E-state index contributed by atoms with van der Waals surface area (Å²) < 4.78 is 6.28. The van der Waals surface area contributed by atoms with Gasteiger partial charge in [0.1, 0.15) is 11.4 Å². The van der Waals surface area contributed by atoms with E-state index in [1.165, 1.54) is 0 Å². The van der Waals surface area contributed by atoms with Crippen molar-refractivity contribution in [3.63, 3.8) is 0 Å². The maximum atomic E-state index is 12.7. The van der Waals surface area contributed by atoms with Crippen molar-refractivity contribution < 1.29 is 14.3 Å². The van der Waals surface area contributed by atoms with E-state index in [1.54, 1.807) is 12.1 Å². The minimum Gasteiger partial charge on any atom is -0.484 e. The predicted molar refractivity (Wildman–Crippen MR) is 103 cm³/mol. The molecule has 2 aliphatic rings. The third kappa shape index (κ3) is 3.65. The lowest BCUT2D eigenvalue weighted by Crippen LogP contribution is -2.54. The van der Waals surface area contributed by atoms with Gasteiger partial charge in [0, 0.05) is 31.0 Å². The van der Waals surface area contributed by atoms with Gasteiger partial charge < -0.3 is 15.0 Å². The van der Waals surface area contributed by atoms with Crippen LogP contribution in [0, 0.1) is 0 Å². The molecule has 27 heavy (non-hydrogen) atoms. The molecule has 6 heteroatoms.